The van der Waals surface area contributed by atoms with Crippen LogP contribution in [0.3, 0.4) is 0 Å². The van der Waals surface area contributed by atoms with Crippen LogP contribution in [0.2, 0.25) is 0 Å². The maximum absolute atomic E-state index is 13.4. The second-order valence-corrected chi connectivity index (χ2v) is 8.43. The Morgan fingerprint density at radius 2 is 2.07 bits per heavy atom. The third kappa shape index (κ3) is 4.63. The Morgan fingerprint density at radius 3 is 2.80 bits per heavy atom. The molecule has 4 rings (SSSR count). The highest BCUT2D eigenvalue weighted by molar-refractivity contribution is 5.97. The van der Waals surface area contributed by atoms with Crippen LogP contribution in [-0.4, -0.2) is 60.0 Å². The van der Waals surface area contributed by atoms with Crippen LogP contribution < -0.4 is 0 Å². The van der Waals surface area contributed by atoms with Gasteiger partial charge in [-0.1, -0.05) is 18.2 Å². The minimum atomic E-state index is -0.656. The minimum Gasteiger partial charge on any atom is -0.466 e. The van der Waals surface area contributed by atoms with Crippen molar-refractivity contribution in [3.63, 3.8) is 0 Å². The summed E-state index contributed by atoms with van der Waals surface area (Å²) >= 11 is 0. The first-order chi connectivity index (χ1) is 14.4. The summed E-state index contributed by atoms with van der Waals surface area (Å²) in [6.45, 7) is 7.22. The lowest BCUT2D eigenvalue weighted by Gasteiger charge is -2.26. The third-order valence-corrected chi connectivity index (χ3v) is 5.58. The first-order valence-corrected chi connectivity index (χ1v) is 10.5. The van der Waals surface area contributed by atoms with Crippen molar-refractivity contribution in [2.75, 3.05) is 26.3 Å². The van der Waals surface area contributed by atoms with Gasteiger partial charge in [-0.3, -0.25) is 14.6 Å². The van der Waals surface area contributed by atoms with E-state index in [1.54, 1.807) is 18.0 Å². The summed E-state index contributed by atoms with van der Waals surface area (Å²) < 4.78 is 16.7. The molecule has 1 aliphatic heterocycles. The number of aromatic nitrogens is 1. The smallest absolute Gasteiger partial charge is 0.309 e. The summed E-state index contributed by atoms with van der Waals surface area (Å²) in [6.07, 6.45) is 2.15. The van der Waals surface area contributed by atoms with Gasteiger partial charge >= 0.3 is 5.97 Å². The van der Waals surface area contributed by atoms with Crippen molar-refractivity contribution >= 4 is 22.8 Å². The minimum absolute atomic E-state index is 0.108. The van der Waals surface area contributed by atoms with E-state index in [2.05, 4.69) is 4.98 Å². The molecule has 2 heterocycles. The number of amides is 1. The Kier molecular flexibility index (Phi) is 5.75. The molecule has 1 saturated carbocycles. The van der Waals surface area contributed by atoms with E-state index in [1.165, 1.54) is 0 Å². The van der Waals surface area contributed by atoms with Gasteiger partial charge in [-0.05, 0) is 45.2 Å². The number of pyridine rings is 1. The molecule has 1 aromatic carbocycles. The van der Waals surface area contributed by atoms with Crippen molar-refractivity contribution in [3.8, 4) is 0 Å². The van der Waals surface area contributed by atoms with Crippen LogP contribution in [0.1, 0.15) is 37.6 Å². The second kappa shape index (κ2) is 8.32. The number of para-hydroxylation sites is 1. The lowest BCUT2D eigenvalue weighted by atomic mass is 10.1. The maximum Gasteiger partial charge on any atom is 0.309 e. The lowest BCUT2D eigenvalue weighted by molar-refractivity contribution is -0.145. The van der Waals surface area contributed by atoms with E-state index in [9.17, 15) is 9.59 Å². The van der Waals surface area contributed by atoms with Crippen LogP contribution in [0.5, 0.6) is 0 Å². The zero-order valence-electron chi connectivity index (χ0n) is 17.7. The zero-order valence-corrected chi connectivity index (χ0v) is 17.7. The van der Waals surface area contributed by atoms with Crippen molar-refractivity contribution in [1.29, 1.82) is 0 Å². The molecule has 1 saturated heterocycles. The molecule has 0 N–H and O–H groups in total. The van der Waals surface area contributed by atoms with Crippen molar-refractivity contribution in [2.24, 2.45) is 11.8 Å². The number of hydrogen-bond acceptors (Lipinski definition) is 6. The zero-order chi connectivity index (χ0) is 21.3. The van der Waals surface area contributed by atoms with Crippen molar-refractivity contribution in [1.82, 2.24) is 9.88 Å². The molecule has 2 aromatic rings. The molecule has 3 atom stereocenters. The Labute approximate surface area is 176 Å². The van der Waals surface area contributed by atoms with E-state index in [4.69, 9.17) is 14.2 Å². The van der Waals surface area contributed by atoms with Gasteiger partial charge in [0.05, 0.1) is 30.2 Å². The first kappa shape index (κ1) is 20.8. The van der Waals surface area contributed by atoms with E-state index in [0.717, 1.165) is 17.3 Å². The van der Waals surface area contributed by atoms with Gasteiger partial charge in [0.15, 0.2) is 5.79 Å². The molecule has 0 bridgehead atoms. The van der Waals surface area contributed by atoms with Crippen LogP contribution in [0.4, 0.5) is 0 Å². The predicted octanol–water partition coefficient (Wildman–Crippen LogP) is 3.03. The molecule has 1 aromatic heterocycles. The molecule has 30 heavy (non-hydrogen) atoms. The summed E-state index contributed by atoms with van der Waals surface area (Å²) in [4.78, 5) is 31.6. The Morgan fingerprint density at radius 1 is 1.27 bits per heavy atom. The van der Waals surface area contributed by atoms with Gasteiger partial charge in [0.25, 0.3) is 5.91 Å². The largest absolute Gasteiger partial charge is 0.466 e. The summed E-state index contributed by atoms with van der Waals surface area (Å²) in [5.74, 6) is -0.972. The Bertz CT molecular complexity index is 944. The van der Waals surface area contributed by atoms with Gasteiger partial charge in [-0.25, -0.2) is 0 Å². The second-order valence-electron chi connectivity index (χ2n) is 8.43. The summed E-state index contributed by atoms with van der Waals surface area (Å²) in [5, 5.41) is 0.917. The van der Waals surface area contributed by atoms with Gasteiger partial charge in [0.2, 0.25) is 0 Å². The fraction of sp³-hybridized carbons (Fsp3) is 0.522. The standard InChI is InChI=1S/C23H28N2O5/c1-4-28-22(27)19-10-17(19)12-25(13-18-14-29-23(2,3)30-18)21(26)16-9-15-7-5-6-8-20(15)24-11-16/h5-9,11,17-19H,4,10,12-14H2,1-3H3/t17-,18+,19+/m0/s1. The van der Waals surface area contributed by atoms with Crippen LogP contribution in [-0.2, 0) is 19.0 Å². The van der Waals surface area contributed by atoms with Gasteiger partial charge in [-0.15, -0.1) is 0 Å². The average molecular weight is 412 g/mol. The predicted molar refractivity (Wildman–Crippen MR) is 111 cm³/mol. The lowest BCUT2D eigenvalue weighted by Crippen LogP contribution is -2.40. The molecule has 2 fully saturated rings. The first-order valence-electron chi connectivity index (χ1n) is 10.5. The SMILES string of the molecule is CCOC(=O)[C@@H]1C[C@H]1CN(C[C@@H]1COC(C)(C)O1)C(=O)c1cnc2ccccc2c1. The number of ether oxygens (including phenoxy) is 3. The van der Waals surface area contributed by atoms with Crippen molar-refractivity contribution in [2.45, 2.75) is 39.1 Å². The van der Waals surface area contributed by atoms with E-state index in [-0.39, 0.29) is 29.8 Å². The summed E-state index contributed by atoms with van der Waals surface area (Å²) in [7, 11) is 0. The quantitative estimate of drug-likeness (QED) is 0.651. The molecule has 2 aliphatic rings. The number of carbonyl (C=O) groups excluding carboxylic acids is 2. The molecule has 7 heteroatoms. The Hall–Kier alpha value is -2.51. The van der Waals surface area contributed by atoms with Crippen LogP contribution in [0.25, 0.3) is 10.9 Å². The van der Waals surface area contributed by atoms with E-state index < -0.39 is 5.79 Å². The molecular formula is C23H28N2O5. The van der Waals surface area contributed by atoms with E-state index in [1.807, 2.05) is 44.2 Å². The van der Waals surface area contributed by atoms with Gasteiger partial charge in [0.1, 0.15) is 6.10 Å². The molecular weight excluding hydrogens is 384 g/mol. The molecule has 0 radical (unpaired) electrons. The number of rotatable bonds is 7. The summed E-state index contributed by atoms with van der Waals surface area (Å²) in [5.41, 5.74) is 1.37. The number of benzene rings is 1. The van der Waals surface area contributed by atoms with Gasteiger partial charge in [0, 0.05) is 24.7 Å². The fourth-order valence-corrected chi connectivity index (χ4v) is 3.98. The fourth-order valence-electron chi connectivity index (χ4n) is 3.98. The highest BCUT2D eigenvalue weighted by atomic mass is 16.7. The average Bonchev–Trinajstić information content (AvgIpc) is 3.41. The van der Waals surface area contributed by atoms with Crippen LogP contribution >= 0.6 is 0 Å². The molecule has 0 unspecified atom stereocenters. The number of fused-ring (bicyclic) bond motifs is 1. The molecule has 7 nitrogen and oxygen atoms in total. The van der Waals surface area contributed by atoms with Gasteiger partial charge in [-0.2, -0.15) is 0 Å². The molecule has 160 valence electrons. The van der Waals surface area contributed by atoms with E-state index in [0.29, 0.717) is 31.9 Å². The van der Waals surface area contributed by atoms with E-state index >= 15 is 0 Å². The maximum atomic E-state index is 13.4. The van der Waals surface area contributed by atoms with Crippen LogP contribution in [0, 0.1) is 11.8 Å². The summed E-state index contributed by atoms with van der Waals surface area (Å²) in [6, 6.07) is 9.57. The highest BCUT2D eigenvalue weighted by Crippen LogP contribution is 2.40. The molecule has 0 spiro atoms. The van der Waals surface area contributed by atoms with Gasteiger partial charge < -0.3 is 19.1 Å². The number of hydrogen-bond donors (Lipinski definition) is 0. The third-order valence-electron chi connectivity index (χ3n) is 5.58. The normalized spacial score (nSPS) is 24.6. The topological polar surface area (TPSA) is 78.0 Å². The molecule has 1 amide bonds. The van der Waals surface area contributed by atoms with Crippen molar-refractivity contribution in [3.05, 3.63) is 42.1 Å². The number of nitrogens with zero attached hydrogens (tertiary/aromatic N) is 2. The monoisotopic (exact) mass is 412 g/mol. The Balaban J connectivity index is 1.51. The highest BCUT2D eigenvalue weighted by Gasteiger charge is 2.46. The number of esters is 1. The van der Waals surface area contributed by atoms with Crippen molar-refractivity contribution < 1.29 is 23.8 Å². The van der Waals surface area contributed by atoms with Crippen LogP contribution in [0.15, 0.2) is 36.5 Å². The number of carbonyl (C=O) groups is 2. The molecule has 1 aliphatic carbocycles.